The highest BCUT2D eigenvalue weighted by molar-refractivity contribution is 5.25. The lowest BCUT2D eigenvalue weighted by atomic mass is 9.69. The van der Waals surface area contributed by atoms with Gasteiger partial charge in [0.05, 0.1) is 11.7 Å². The Balaban J connectivity index is 1.99. The predicted octanol–water partition coefficient (Wildman–Crippen LogP) is 4.51. The summed E-state index contributed by atoms with van der Waals surface area (Å²) in [5.41, 5.74) is 2.83. The summed E-state index contributed by atoms with van der Waals surface area (Å²) in [5.74, 6) is 1.24. The Morgan fingerprint density at radius 1 is 1.17 bits per heavy atom. The van der Waals surface area contributed by atoms with Crippen LogP contribution >= 0.6 is 0 Å². The summed E-state index contributed by atoms with van der Waals surface area (Å²) >= 11 is 0. The van der Waals surface area contributed by atoms with Crippen molar-refractivity contribution in [3.63, 3.8) is 0 Å². The van der Waals surface area contributed by atoms with Crippen molar-refractivity contribution in [2.75, 3.05) is 0 Å². The molecule has 1 heteroatoms. The first-order chi connectivity index (χ1) is 8.58. The van der Waals surface area contributed by atoms with Crippen molar-refractivity contribution in [3.05, 3.63) is 47.5 Å². The van der Waals surface area contributed by atoms with Gasteiger partial charge in [0.1, 0.15) is 0 Å². The zero-order chi connectivity index (χ0) is 12.8. The summed E-state index contributed by atoms with van der Waals surface area (Å²) in [4.78, 5) is 0. The number of benzene rings is 1. The Kier molecular flexibility index (Phi) is 2.82. The van der Waals surface area contributed by atoms with Gasteiger partial charge < -0.3 is 4.74 Å². The Hall–Kier alpha value is -1.08. The summed E-state index contributed by atoms with van der Waals surface area (Å²) < 4.78 is 6.46. The first-order valence-electron chi connectivity index (χ1n) is 6.97. The maximum absolute atomic E-state index is 6.46. The fourth-order valence-electron chi connectivity index (χ4n) is 3.45. The predicted molar refractivity (Wildman–Crippen MR) is 74.3 cm³/mol. The maximum atomic E-state index is 6.46. The Bertz CT molecular complexity index is 458. The molecule has 18 heavy (non-hydrogen) atoms. The quantitative estimate of drug-likeness (QED) is 0.658. The summed E-state index contributed by atoms with van der Waals surface area (Å²) in [5, 5.41) is 0. The van der Waals surface area contributed by atoms with Crippen LogP contribution in [0.3, 0.4) is 0 Å². The van der Waals surface area contributed by atoms with Crippen LogP contribution in [0.4, 0.5) is 0 Å². The van der Waals surface area contributed by atoms with Crippen molar-refractivity contribution < 1.29 is 4.74 Å². The molecular weight excluding hydrogens is 220 g/mol. The summed E-state index contributed by atoms with van der Waals surface area (Å²) in [6.07, 6.45) is 5.11. The van der Waals surface area contributed by atoms with Crippen LogP contribution in [0.2, 0.25) is 0 Å². The molecule has 0 radical (unpaired) electrons. The largest absolute Gasteiger partial charge is 0.367 e. The van der Waals surface area contributed by atoms with Crippen molar-refractivity contribution in [2.45, 2.75) is 45.3 Å². The minimum Gasteiger partial charge on any atom is -0.367 e. The molecule has 1 heterocycles. The van der Waals surface area contributed by atoms with E-state index in [0.717, 1.165) is 0 Å². The first kappa shape index (κ1) is 12.0. The van der Waals surface area contributed by atoms with E-state index in [2.05, 4.69) is 57.2 Å². The number of ether oxygens (including phenoxy) is 1. The molecule has 2 bridgehead atoms. The fraction of sp³-hybridized carbons (Fsp3) is 0.529. The van der Waals surface area contributed by atoms with Gasteiger partial charge in [-0.15, -0.1) is 0 Å². The molecule has 2 aliphatic rings. The zero-order valence-corrected chi connectivity index (χ0v) is 11.5. The van der Waals surface area contributed by atoms with E-state index in [4.69, 9.17) is 4.74 Å². The van der Waals surface area contributed by atoms with Crippen LogP contribution in [0.5, 0.6) is 0 Å². The smallest absolute Gasteiger partial charge is 0.0897 e. The molecule has 1 saturated heterocycles. The van der Waals surface area contributed by atoms with E-state index in [-0.39, 0.29) is 11.7 Å². The lowest BCUT2D eigenvalue weighted by molar-refractivity contribution is -0.166. The summed E-state index contributed by atoms with van der Waals surface area (Å²) in [7, 11) is 0. The fourth-order valence-corrected chi connectivity index (χ4v) is 3.45. The number of allylic oxidation sites excluding steroid dienone is 1. The average molecular weight is 242 g/mol. The second-order valence-electron chi connectivity index (χ2n) is 6.28. The molecule has 3 rings (SSSR count). The van der Waals surface area contributed by atoms with Crippen LogP contribution in [0.25, 0.3) is 0 Å². The molecule has 0 spiro atoms. The Morgan fingerprint density at radius 2 is 1.89 bits per heavy atom. The van der Waals surface area contributed by atoms with Crippen molar-refractivity contribution >= 4 is 0 Å². The topological polar surface area (TPSA) is 9.23 Å². The Morgan fingerprint density at radius 3 is 2.61 bits per heavy atom. The van der Waals surface area contributed by atoms with Crippen molar-refractivity contribution in [1.82, 2.24) is 0 Å². The van der Waals surface area contributed by atoms with E-state index < -0.39 is 0 Å². The van der Waals surface area contributed by atoms with Gasteiger partial charge in [-0.1, -0.05) is 42.0 Å². The van der Waals surface area contributed by atoms with Gasteiger partial charge in [0.15, 0.2) is 0 Å². The molecule has 1 nitrogen and oxygen atoms in total. The molecule has 0 saturated carbocycles. The highest BCUT2D eigenvalue weighted by Gasteiger charge is 2.45. The van der Waals surface area contributed by atoms with Gasteiger partial charge in [-0.2, -0.15) is 0 Å². The van der Waals surface area contributed by atoms with Gasteiger partial charge in [-0.3, -0.25) is 0 Å². The third-order valence-corrected chi connectivity index (χ3v) is 4.76. The molecule has 0 N–H and O–H groups in total. The molecule has 1 fully saturated rings. The van der Waals surface area contributed by atoms with Crippen LogP contribution < -0.4 is 0 Å². The van der Waals surface area contributed by atoms with Crippen molar-refractivity contribution in [3.8, 4) is 0 Å². The van der Waals surface area contributed by atoms with E-state index in [1.165, 1.54) is 24.0 Å². The van der Waals surface area contributed by atoms with E-state index in [1.807, 2.05) is 0 Å². The number of hydrogen-bond donors (Lipinski definition) is 0. The van der Waals surface area contributed by atoms with Crippen molar-refractivity contribution in [1.29, 1.82) is 0 Å². The van der Waals surface area contributed by atoms with Crippen LogP contribution in [0.1, 0.15) is 45.3 Å². The molecule has 1 aliphatic heterocycles. The van der Waals surface area contributed by atoms with E-state index in [1.54, 1.807) is 0 Å². The molecule has 0 unspecified atom stereocenters. The third-order valence-electron chi connectivity index (χ3n) is 4.76. The van der Waals surface area contributed by atoms with Gasteiger partial charge in [0.2, 0.25) is 0 Å². The molecule has 1 aliphatic carbocycles. The molecule has 96 valence electrons. The molecular formula is C17H22O. The van der Waals surface area contributed by atoms with Gasteiger partial charge >= 0.3 is 0 Å². The molecule has 3 atom stereocenters. The number of rotatable bonds is 1. The van der Waals surface area contributed by atoms with Gasteiger partial charge in [0.25, 0.3) is 0 Å². The average Bonchev–Trinajstić information content (AvgIpc) is 2.37. The highest BCUT2D eigenvalue weighted by Crippen LogP contribution is 2.50. The second kappa shape index (κ2) is 4.24. The van der Waals surface area contributed by atoms with Gasteiger partial charge in [-0.25, -0.2) is 0 Å². The van der Waals surface area contributed by atoms with Crippen LogP contribution in [0.15, 0.2) is 42.0 Å². The molecule has 1 aromatic rings. The van der Waals surface area contributed by atoms with Crippen LogP contribution in [0, 0.1) is 11.8 Å². The monoisotopic (exact) mass is 242 g/mol. The number of fused-ring (bicyclic) bond motifs is 2. The molecule has 1 aromatic carbocycles. The SMILES string of the molecule is CC1=CC[C@H]2C[C@@H]1[C@H](c1ccccc1)OC2(C)C. The third kappa shape index (κ3) is 1.91. The minimum absolute atomic E-state index is 0.00575. The molecule has 0 amide bonds. The van der Waals surface area contributed by atoms with Crippen molar-refractivity contribution in [2.24, 2.45) is 11.8 Å². The Labute approximate surface area is 110 Å². The van der Waals surface area contributed by atoms with Crippen LogP contribution in [-0.2, 0) is 4.74 Å². The van der Waals surface area contributed by atoms with E-state index in [9.17, 15) is 0 Å². The number of hydrogen-bond acceptors (Lipinski definition) is 1. The summed E-state index contributed by atoms with van der Waals surface area (Å²) in [6, 6.07) is 10.7. The highest BCUT2D eigenvalue weighted by atomic mass is 16.5. The molecule has 0 aromatic heterocycles. The normalized spacial score (nSPS) is 33.9. The van der Waals surface area contributed by atoms with E-state index >= 15 is 0 Å². The lowest BCUT2D eigenvalue weighted by Gasteiger charge is -2.49. The van der Waals surface area contributed by atoms with Gasteiger partial charge in [-0.05, 0) is 45.1 Å². The second-order valence-corrected chi connectivity index (χ2v) is 6.28. The maximum Gasteiger partial charge on any atom is 0.0897 e. The lowest BCUT2D eigenvalue weighted by Crippen LogP contribution is -2.45. The van der Waals surface area contributed by atoms with Gasteiger partial charge in [0, 0.05) is 5.92 Å². The zero-order valence-electron chi connectivity index (χ0n) is 11.5. The van der Waals surface area contributed by atoms with Crippen LogP contribution in [-0.4, -0.2) is 5.60 Å². The first-order valence-corrected chi connectivity index (χ1v) is 6.97. The summed E-state index contributed by atoms with van der Waals surface area (Å²) in [6.45, 7) is 6.76. The minimum atomic E-state index is -0.00575. The standard InChI is InChI=1S/C17H22O/c1-12-9-10-14-11-15(12)16(18-17(14,2)3)13-7-5-4-6-8-13/h4-9,14-16H,10-11H2,1-3H3/t14-,15-,16-/m0/s1. The van der Waals surface area contributed by atoms with E-state index in [0.29, 0.717) is 11.8 Å².